The van der Waals surface area contributed by atoms with Crippen LogP contribution in [-0.2, 0) is 11.8 Å². The third-order valence-electron chi connectivity index (χ3n) is 8.16. The lowest BCUT2D eigenvalue weighted by molar-refractivity contribution is 0.0490. The number of piperidine rings is 1. The van der Waals surface area contributed by atoms with E-state index in [0.717, 1.165) is 63.4 Å². The van der Waals surface area contributed by atoms with Gasteiger partial charge in [-0.3, -0.25) is 4.79 Å². The van der Waals surface area contributed by atoms with Crippen molar-refractivity contribution in [2.24, 2.45) is 18.9 Å². The zero-order valence-corrected chi connectivity index (χ0v) is 21.7. The monoisotopic (exact) mass is 496 g/mol. The predicted molar refractivity (Wildman–Crippen MR) is 137 cm³/mol. The molecular formula is C27H40N6O3. The quantitative estimate of drug-likeness (QED) is 0.627. The Morgan fingerprint density at radius 2 is 1.83 bits per heavy atom. The molecule has 1 aliphatic carbocycles. The zero-order valence-electron chi connectivity index (χ0n) is 21.7. The Balaban J connectivity index is 1.23. The summed E-state index contributed by atoms with van der Waals surface area (Å²) in [5, 5.41) is 3.24. The maximum absolute atomic E-state index is 13.3. The van der Waals surface area contributed by atoms with Gasteiger partial charge in [-0.05, 0) is 76.3 Å². The Morgan fingerprint density at radius 1 is 1.08 bits per heavy atom. The van der Waals surface area contributed by atoms with E-state index in [2.05, 4.69) is 32.1 Å². The number of imidazole rings is 1. The van der Waals surface area contributed by atoms with Gasteiger partial charge in [0.1, 0.15) is 11.4 Å². The molecule has 0 atom stereocenters. The molecule has 0 aromatic carbocycles. The molecule has 0 bridgehead atoms. The SMILES string of the molecule is CC1CCN(C2CCC(NC(=O)c3cc(OCC4CCOCC4)nc(-c4cncn4C)n3)CC2)CC1. The fourth-order valence-corrected chi connectivity index (χ4v) is 5.66. The van der Waals surface area contributed by atoms with Crippen LogP contribution >= 0.6 is 0 Å². The van der Waals surface area contributed by atoms with Gasteiger partial charge in [-0.25, -0.2) is 9.97 Å². The summed E-state index contributed by atoms with van der Waals surface area (Å²) in [6, 6.07) is 2.51. The second kappa shape index (κ2) is 11.7. The zero-order chi connectivity index (χ0) is 24.9. The molecular weight excluding hydrogens is 456 g/mol. The number of hydrogen-bond donors (Lipinski definition) is 1. The first-order valence-electron chi connectivity index (χ1n) is 13.7. The fourth-order valence-electron chi connectivity index (χ4n) is 5.66. The van der Waals surface area contributed by atoms with Gasteiger partial charge in [0.05, 0.1) is 19.1 Å². The summed E-state index contributed by atoms with van der Waals surface area (Å²) in [7, 11) is 1.89. The van der Waals surface area contributed by atoms with Crippen molar-refractivity contribution in [3.63, 3.8) is 0 Å². The number of nitrogens with one attached hydrogen (secondary N) is 1. The Labute approximate surface area is 214 Å². The lowest BCUT2D eigenvalue weighted by atomic mass is 9.88. The van der Waals surface area contributed by atoms with Gasteiger partial charge in [0, 0.05) is 38.4 Å². The van der Waals surface area contributed by atoms with Crippen molar-refractivity contribution >= 4 is 5.91 Å². The molecule has 36 heavy (non-hydrogen) atoms. The molecule has 0 spiro atoms. The third-order valence-corrected chi connectivity index (χ3v) is 8.16. The molecule has 2 aromatic rings. The molecule has 4 heterocycles. The third kappa shape index (κ3) is 6.24. The van der Waals surface area contributed by atoms with Crippen LogP contribution < -0.4 is 10.1 Å². The number of hydrogen-bond acceptors (Lipinski definition) is 7. The van der Waals surface area contributed by atoms with E-state index in [1.165, 1.54) is 25.9 Å². The van der Waals surface area contributed by atoms with Gasteiger partial charge in [0.2, 0.25) is 5.88 Å². The van der Waals surface area contributed by atoms with Crippen molar-refractivity contribution in [2.45, 2.75) is 70.4 Å². The summed E-state index contributed by atoms with van der Waals surface area (Å²) >= 11 is 0. The first-order chi connectivity index (χ1) is 17.5. The van der Waals surface area contributed by atoms with Gasteiger partial charge in [-0.15, -0.1) is 0 Å². The molecule has 1 amide bonds. The molecule has 2 aromatic heterocycles. The first kappa shape index (κ1) is 25.1. The molecule has 5 rings (SSSR count). The van der Waals surface area contributed by atoms with Gasteiger partial charge >= 0.3 is 0 Å². The van der Waals surface area contributed by atoms with Crippen LogP contribution in [0.15, 0.2) is 18.6 Å². The van der Waals surface area contributed by atoms with Crippen LogP contribution in [0.25, 0.3) is 11.5 Å². The van der Waals surface area contributed by atoms with E-state index in [1.54, 1.807) is 18.6 Å². The van der Waals surface area contributed by atoms with E-state index >= 15 is 0 Å². The highest BCUT2D eigenvalue weighted by molar-refractivity contribution is 5.93. The number of aryl methyl sites for hydroxylation is 1. The number of rotatable bonds is 7. The Bertz CT molecular complexity index is 1000. The molecule has 2 aliphatic heterocycles. The summed E-state index contributed by atoms with van der Waals surface area (Å²) < 4.78 is 13.4. The normalized spacial score (nSPS) is 24.5. The average Bonchev–Trinajstić information content (AvgIpc) is 3.35. The smallest absolute Gasteiger partial charge is 0.270 e. The molecule has 2 saturated heterocycles. The van der Waals surface area contributed by atoms with Crippen LogP contribution in [0.1, 0.15) is 68.8 Å². The number of carbonyl (C=O) groups is 1. The lowest BCUT2D eigenvalue weighted by Crippen LogP contribution is -2.46. The topological polar surface area (TPSA) is 94.4 Å². The van der Waals surface area contributed by atoms with Gasteiger partial charge in [0.15, 0.2) is 5.82 Å². The van der Waals surface area contributed by atoms with Gasteiger partial charge in [-0.2, -0.15) is 4.98 Å². The lowest BCUT2D eigenvalue weighted by Gasteiger charge is -2.40. The summed E-state index contributed by atoms with van der Waals surface area (Å²) in [6.07, 6.45) is 12.3. The molecule has 3 aliphatic rings. The summed E-state index contributed by atoms with van der Waals surface area (Å²) in [5.41, 5.74) is 1.09. The van der Waals surface area contributed by atoms with Gasteiger partial charge in [-0.1, -0.05) is 6.92 Å². The minimum atomic E-state index is -0.160. The van der Waals surface area contributed by atoms with E-state index < -0.39 is 0 Å². The molecule has 3 fully saturated rings. The predicted octanol–water partition coefficient (Wildman–Crippen LogP) is 3.46. The molecule has 0 unspecified atom stereocenters. The van der Waals surface area contributed by atoms with Crippen molar-refractivity contribution in [1.82, 2.24) is 29.7 Å². The van der Waals surface area contributed by atoms with E-state index in [-0.39, 0.29) is 11.9 Å². The Morgan fingerprint density at radius 3 is 2.53 bits per heavy atom. The van der Waals surface area contributed by atoms with Crippen molar-refractivity contribution in [3.8, 4) is 17.4 Å². The van der Waals surface area contributed by atoms with Crippen LogP contribution in [-0.4, -0.2) is 75.3 Å². The van der Waals surface area contributed by atoms with Crippen molar-refractivity contribution in [3.05, 3.63) is 24.3 Å². The van der Waals surface area contributed by atoms with Crippen LogP contribution in [0.5, 0.6) is 5.88 Å². The Kier molecular flexibility index (Phi) is 8.16. The summed E-state index contributed by atoms with van der Waals surface area (Å²) in [6.45, 7) is 6.90. The largest absolute Gasteiger partial charge is 0.477 e. The second-order valence-corrected chi connectivity index (χ2v) is 10.9. The van der Waals surface area contributed by atoms with E-state index in [1.807, 2.05) is 11.6 Å². The first-order valence-corrected chi connectivity index (χ1v) is 13.7. The average molecular weight is 497 g/mol. The standard InChI is InChI=1S/C27H40N6O3/c1-19-7-11-33(12-8-19)22-5-3-21(4-6-22)29-27(34)23-15-25(36-17-20-9-13-35-14-10-20)31-26(30-23)24-16-28-18-32(24)2/h15-16,18-22H,3-14,17H2,1-2H3,(H,29,34). The minimum Gasteiger partial charge on any atom is -0.477 e. The molecule has 1 N–H and O–H groups in total. The van der Waals surface area contributed by atoms with Crippen LogP contribution in [0.4, 0.5) is 0 Å². The Hall–Kier alpha value is -2.52. The minimum absolute atomic E-state index is 0.160. The summed E-state index contributed by atoms with van der Waals surface area (Å²) in [4.78, 5) is 29.4. The highest BCUT2D eigenvalue weighted by atomic mass is 16.5. The number of likely N-dealkylation sites (tertiary alicyclic amines) is 1. The molecule has 9 heteroatoms. The maximum Gasteiger partial charge on any atom is 0.270 e. The second-order valence-electron chi connectivity index (χ2n) is 10.9. The van der Waals surface area contributed by atoms with Crippen molar-refractivity contribution < 1.29 is 14.3 Å². The fraction of sp³-hybridized carbons (Fsp3) is 0.704. The highest BCUT2D eigenvalue weighted by Crippen LogP contribution is 2.28. The van der Waals surface area contributed by atoms with E-state index in [0.29, 0.717) is 36.0 Å². The maximum atomic E-state index is 13.3. The van der Waals surface area contributed by atoms with Gasteiger partial charge in [0.25, 0.3) is 5.91 Å². The van der Waals surface area contributed by atoms with Crippen LogP contribution in [0.2, 0.25) is 0 Å². The van der Waals surface area contributed by atoms with Crippen molar-refractivity contribution in [1.29, 1.82) is 0 Å². The number of carbonyl (C=O) groups excluding carboxylic acids is 1. The molecule has 196 valence electrons. The molecule has 1 saturated carbocycles. The number of amides is 1. The summed E-state index contributed by atoms with van der Waals surface area (Å²) in [5.74, 6) is 2.01. The van der Waals surface area contributed by atoms with Crippen LogP contribution in [0, 0.1) is 11.8 Å². The van der Waals surface area contributed by atoms with E-state index in [4.69, 9.17) is 9.47 Å². The number of nitrogens with zero attached hydrogens (tertiary/aromatic N) is 5. The van der Waals surface area contributed by atoms with E-state index in [9.17, 15) is 4.79 Å². The molecule has 9 nitrogen and oxygen atoms in total. The van der Waals surface area contributed by atoms with Crippen LogP contribution in [0.3, 0.4) is 0 Å². The van der Waals surface area contributed by atoms with Crippen molar-refractivity contribution in [2.75, 3.05) is 32.9 Å². The highest BCUT2D eigenvalue weighted by Gasteiger charge is 2.29. The molecule has 0 radical (unpaired) electrons. The number of aromatic nitrogens is 4. The van der Waals surface area contributed by atoms with Gasteiger partial charge < -0.3 is 24.3 Å². The number of ether oxygens (including phenoxy) is 2.